The van der Waals surface area contributed by atoms with E-state index in [0.29, 0.717) is 0 Å². The van der Waals surface area contributed by atoms with Gasteiger partial charge in [0, 0.05) is 5.92 Å². The van der Waals surface area contributed by atoms with Gasteiger partial charge in [0.25, 0.3) is 0 Å². The van der Waals surface area contributed by atoms with Gasteiger partial charge in [0.1, 0.15) is 5.60 Å². The lowest BCUT2D eigenvalue weighted by atomic mass is 9.80. The predicted molar refractivity (Wildman–Crippen MR) is 147 cm³/mol. The quantitative estimate of drug-likeness (QED) is 0.255. The summed E-state index contributed by atoms with van der Waals surface area (Å²) in [5.74, 6) is 2.19. The molecule has 1 N–H and O–H groups in total. The average molecular weight is 491 g/mol. The number of ether oxygens (including phenoxy) is 1. The van der Waals surface area contributed by atoms with Gasteiger partial charge < -0.3 is 9.84 Å². The Morgan fingerprint density at radius 2 is 1.29 bits per heavy atom. The van der Waals surface area contributed by atoms with Crippen LogP contribution in [0.1, 0.15) is 37.0 Å². The van der Waals surface area contributed by atoms with Crippen LogP contribution in [-0.4, -0.2) is 33.4 Å². The van der Waals surface area contributed by atoms with Crippen LogP contribution in [0.25, 0.3) is 0 Å². The summed E-state index contributed by atoms with van der Waals surface area (Å²) in [5, 5.41) is 11.5. The Labute approximate surface area is 212 Å². The molecule has 0 saturated carbocycles. The van der Waals surface area contributed by atoms with Crippen LogP contribution in [-0.2, 0) is 10.3 Å². The largest absolute Gasteiger partial charge is 0.390 e. The van der Waals surface area contributed by atoms with Crippen molar-refractivity contribution in [1.82, 2.24) is 0 Å². The topological polar surface area (TPSA) is 29.5 Å². The lowest BCUT2D eigenvalue weighted by molar-refractivity contribution is -0.0535. The molecule has 0 aliphatic carbocycles. The van der Waals surface area contributed by atoms with Crippen molar-refractivity contribution in [2.75, 3.05) is 18.1 Å². The molecule has 0 unspecified atom stereocenters. The van der Waals surface area contributed by atoms with Crippen molar-refractivity contribution in [2.45, 2.75) is 36.1 Å². The molecule has 34 heavy (non-hydrogen) atoms. The Balaban J connectivity index is 1.73. The predicted octanol–water partition coefficient (Wildman–Crippen LogP) is 7.13. The van der Waals surface area contributed by atoms with Crippen LogP contribution in [0.5, 0.6) is 0 Å². The molecular weight excluding hydrogens is 456 g/mol. The SMILES string of the molecule is C=C(C)C1([C@@H](C)[C@H](O)COC(c2ccccc2)(c2ccccc2)c2ccccc2)SCCCS1. The number of hydrogen-bond acceptors (Lipinski definition) is 4. The van der Waals surface area contributed by atoms with Crippen LogP contribution in [0.2, 0.25) is 0 Å². The van der Waals surface area contributed by atoms with Crippen LogP contribution in [0.3, 0.4) is 0 Å². The molecule has 0 radical (unpaired) electrons. The minimum Gasteiger partial charge on any atom is -0.390 e. The third-order valence-electron chi connectivity index (χ3n) is 6.70. The fourth-order valence-corrected chi connectivity index (χ4v) is 8.36. The maximum atomic E-state index is 11.5. The molecular formula is C30H34O2S2. The van der Waals surface area contributed by atoms with Gasteiger partial charge in [-0.15, -0.1) is 23.5 Å². The molecule has 1 fully saturated rings. The number of benzene rings is 3. The van der Waals surface area contributed by atoms with Crippen LogP contribution in [0.4, 0.5) is 0 Å². The molecule has 4 heteroatoms. The van der Waals surface area contributed by atoms with Crippen LogP contribution < -0.4 is 0 Å². The van der Waals surface area contributed by atoms with Crippen molar-refractivity contribution in [3.63, 3.8) is 0 Å². The molecule has 0 bridgehead atoms. The lowest BCUT2D eigenvalue weighted by Gasteiger charge is -2.44. The van der Waals surface area contributed by atoms with E-state index in [4.69, 9.17) is 4.74 Å². The molecule has 1 heterocycles. The maximum absolute atomic E-state index is 11.5. The second kappa shape index (κ2) is 11.2. The van der Waals surface area contributed by atoms with Crippen molar-refractivity contribution >= 4 is 23.5 Å². The Bertz CT molecular complexity index is 950. The summed E-state index contributed by atoms with van der Waals surface area (Å²) in [6.07, 6.45) is 0.563. The van der Waals surface area contributed by atoms with Gasteiger partial charge in [0.2, 0.25) is 0 Å². The van der Waals surface area contributed by atoms with Crippen LogP contribution >= 0.6 is 23.5 Å². The first-order valence-corrected chi connectivity index (χ1v) is 13.9. The van der Waals surface area contributed by atoms with Crippen molar-refractivity contribution in [2.24, 2.45) is 5.92 Å². The molecule has 1 aliphatic rings. The summed E-state index contributed by atoms with van der Waals surface area (Å²) >= 11 is 3.85. The second-order valence-electron chi connectivity index (χ2n) is 8.94. The van der Waals surface area contributed by atoms with Gasteiger partial charge in [-0.1, -0.05) is 110 Å². The monoisotopic (exact) mass is 490 g/mol. The third kappa shape index (κ3) is 4.87. The van der Waals surface area contributed by atoms with Crippen molar-refractivity contribution in [1.29, 1.82) is 0 Å². The smallest absolute Gasteiger partial charge is 0.143 e. The fraction of sp³-hybridized carbons (Fsp3) is 0.333. The molecule has 4 rings (SSSR count). The number of aliphatic hydroxyl groups is 1. The van der Waals surface area contributed by atoms with Gasteiger partial charge in [0.15, 0.2) is 0 Å². The van der Waals surface area contributed by atoms with Crippen molar-refractivity contribution in [3.05, 3.63) is 120 Å². The van der Waals surface area contributed by atoms with E-state index < -0.39 is 11.7 Å². The standard InChI is InChI=1S/C30H34O2S2/c1-23(2)30(33-20-13-21-34-30)24(3)28(31)22-32-29(25-14-7-4-8-15-25,26-16-9-5-10-17-26)27-18-11-6-12-19-27/h4-12,14-19,24,28,31H,1,13,20-22H2,2-3H3/t24-,28+/m0/s1. The summed E-state index contributed by atoms with van der Waals surface area (Å²) in [6.45, 7) is 8.77. The van der Waals surface area contributed by atoms with Crippen LogP contribution in [0.15, 0.2) is 103 Å². The molecule has 0 amide bonds. The molecule has 3 aromatic rings. The summed E-state index contributed by atoms with van der Waals surface area (Å²) in [7, 11) is 0. The highest BCUT2D eigenvalue weighted by Crippen LogP contribution is 2.53. The molecule has 3 aromatic carbocycles. The number of aliphatic hydroxyl groups excluding tert-OH is 1. The Hall–Kier alpha value is -1.98. The van der Waals surface area contributed by atoms with Crippen LogP contribution in [0, 0.1) is 5.92 Å². The van der Waals surface area contributed by atoms with E-state index in [0.717, 1.165) is 33.8 Å². The first-order valence-electron chi connectivity index (χ1n) is 11.9. The zero-order valence-electron chi connectivity index (χ0n) is 20.0. The van der Waals surface area contributed by atoms with Gasteiger partial charge in [-0.2, -0.15) is 0 Å². The zero-order valence-corrected chi connectivity index (χ0v) is 21.7. The molecule has 2 atom stereocenters. The molecule has 178 valence electrons. The Kier molecular flexibility index (Phi) is 8.26. The van der Waals surface area contributed by atoms with E-state index in [1.54, 1.807) is 0 Å². The Morgan fingerprint density at radius 3 is 1.68 bits per heavy atom. The minimum atomic E-state index is -0.826. The molecule has 2 nitrogen and oxygen atoms in total. The van der Waals surface area contributed by atoms with E-state index in [-0.39, 0.29) is 16.6 Å². The normalized spacial score (nSPS) is 17.6. The number of rotatable bonds is 9. The van der Waals surface area contributed by atoms with Gasteiger partial charge in [0.05, 0.1) is 16.8 Å². The number of hydrogen-bond donors (Lipinski definition) is 1. The van der Waals surface area contributed by atoms with Crippen molar-refractivity contribution < 1.29 is 9.84 Å². The van der Waals surface area contributed by atoms with E-state index >= 15 is 0 Å². The maximum Gasteiger partial charge on any atom is 0.143 e. The summed E-state index contributed by atoms with van der Waals surface area (Å²) in [5.41, 5.74) is 3.43. The zero-order chi connectivity index (χ0) is 24.0. The van der Waals surface area contributed by atoms with Gasteiger partial charge >= 0.3 is 0 Å². The second-order valence-corrected chi connectivity index (χ2v) is 11.9. The molecule has 1 aliphatic heterocycles. The average Bonchev–Trinajstić information content (AvgIpc) is 2.90. The van der Waals surface area contributed by atoms with E-state index in [1.165, 1.54) is 6.42 Å². The third-order valence-corrected chi connectivity index (χ3v) is 10.7. The molecule has 0 spiro atoms. The first-order chi connectivity index (χ1) is 16.5. The minimum absolute atomic E-state index is 0.000296. The number of thioether (sulfide) groups is 2. The Morgan fingerprint density at radius 1 is 0.882 bits per heavy atom. The van der Waals surface area contributed by atoms with Gasteiger partial charge in [-0.05, 0) is 41.5 Å². The highest BCUT2D eigenvalue weighted by atomic mass is 32.2. The fourth-order valence-electron chi connectivity index (χ4n) is 4.82. The molecule has 0 aromatic heterocycles. The first kappa shape index (κ1) is 25.1. The van der Waals surface area contributed by atoms with E-state index in [1.807, 2.05) is 78.1 Å². The van der Waals surface area contributed by atoms with Gasteiger partial charge in [-0.25, -0.2) is 0 Å². The summed E-state index contributed by atoms with van der Waals surface area (Å²) in [4.78, 5) is 0. The van der Waals surface area contributed by atoms with E-state index in [2.05, 4.69) is 56.8 Å². The van der Waals surface area contributed by atoms with Gasteiger partial charge in [-0.3, -0.25) is 0 Å². The lowest BCUT2D eigenvalue weighted by Crippen LogP contribution is -2.44. The molecule has 1 saturated heterocycles. The highest BCUT2D eigenvalue weighted by Gasteiger charge is 2.45. The van der Waals surface area contributed by atoms with E-state index in [9.17, 15) is 5.11 Å². The van der Waals surface area contributed by atoms with Crippen molar-refractivity contribution in [3.8, 4) is 0 Å². The summed E-state index contributed by atoms with van der Waals surface area (Å²) < 4.78 is 6.70. The highest BCUT2D eigenvalue weighted by molar-refractivity contribution is 8.19. The summed E-state index contributed by atoms with van der Waals surface area (Å²) in [6, 6.07) is 31.0.